The van der Waals surface area contributed by atoms with Crippen molar-refractivity contribution in [3.8, 4) is 5.75 Å². The first-order valence-electron chi connectivity index (χ1n) is 5.77. The van der Waals surface area contributed by atoms with Crippen LogP contribution in [0.25, 0.3) is 0 Å². The van der Waals surface area contributed by atoms with Crippen LogP contribution in [0.4, 0.5) is 0 Å². The molecule has 2 bridgehead atoms. The Bertz CT molecular complexity index is 449. The standard InChI is InChI=1S/C13H13BrClNO/c14-12-7-10(3-4-13(12)15)17-11-5-8-1-2-9(6-11)16-8/h1-4,7-9,11,16H,5-6H2/t8-,9+,11-. The molecule has 3 rings (SSSR count). The minimum Gasteiger partial charge on any atom is -0.490 e. The van der Waals surface area contributed by atoms with E-state index in [-0.39, 0.29) is 6.10 Å². The highest BCUT2D eigenvalue weighted by atomic mass is 79.9. The van der Waals surface area contributed by atoms with Gasteiger partial charge in [0.25, 0.3) is 0 Å². The van der Waals surface area contributed by atoms with Gasteiger partial charge in [0.15, 0.2) is 0 Å². The fourth-order valence-electron chi connectivity index (χ4n) is 2.45. The Morgan fingerprint density at radius 2 is 1.94 bits per heavy atom. The minimum atomic E-state index is 0.286. The Hall–Kier alpha value is -0.510. The maximum absolute atomic E-state index is 6.00. The molecule has 0 amide bonds. The number of hydrogen-bond acceptors (Lipinski definition) is 2. The minimum absolute atomic E-state index is 0.286. The van der Waals surface area contributed by atoms with E-state index in [1.807, 2.05) is 18.2 Å². The van der Waals surface area contributed by atoms with Crippen LogP contribution in [-0.2, 0) is 0 Å². The first-order valence-corrected chi connectivity index (χ1v) is 6.94. The van der Waals surface area contributed by atoms with Gasteiger partial charge in [-0.15, -0.1) is 0 Å². The van der Waals surface area contributed by atoms with Gasteiger partial charge in [-0.3, -0.25) is 0 Å². The van der Waals surface area contributed by atoms with Crippen molar-refractivity contribution in [1.29, 1.82) is 0 Å². The fraction of sp³-hybridized carbons (Fsp3) is 0.385. The number of hydrogen-bond donors (Lipinski definition) is 1. The molecule has 4 heteroatoms. The van der Waals surface area contributed by atoms with E-state index in [9.17, 15) is 0 Å². The van der Waals surface area contributed by atoms with Gasteiger partial charge in [0, 0.05) is 29.4 Å². The molecule has 2 heterocycles. The van der Waals surface area contributed by atoms with E-state index in [2.05, 4.69) is 33.4 Å². The summed E-state index contributed by atoms with van der Waals surface area (Å²) in [6.07, 6.45) is 6.84. The Balaban J connectivity index is 1.69. The molecule has 0 unspecified atom stereocenters. The Kier molecular flexibility index (Phi) is 3.16. The van der Waals surface area contributed by atoms with Crippen LogP contribution in [0.2, 0.25) is 5.02 Å². The van der Waals surface area contributed by atoms with Crippen LogP contribution in [0.3, 0.4) is 0 Å². The van der Waals surface area contributed by atoms with Crippen molar-refractivity contribution >= 4 is 27.5 Å². The number of piperidine rings is 1. The van der Waals surface area contributed by atoms with Crippen molar-refractivity contribution in [2.45, 2.75) is 31.0 Å². The molecule has 2 aliphatic rings. The highest BCUT2D eigenvalue weighted by molar-refractivity contribution is 9.10. The monoisotopic (exact) mass is 313 g/mol. The molecular formula is C13H13BrClNO. The molecule has 3 atom stereocenters. The zero-order valence-corrected chi connectivity index (χ0v) is 11.5. The van der Waals surface area contributed by atoms with E-state index in [4.69, 9.17) is 16.3 Å². The summed E-state index contributed by atoms with van der Waals surface area (Å²) in [6, 6.07) is 6.67. The number of fused-ring (bicyclic) bond motifs is 2. The maximum atomic E-state index is 6.00. The zero-order valence-electron chi connectivity index (χ0n) is 9.20. The fourth-order valence-corrected chi connectivity index (χ4v) is 2.92. The van der Waals surface area contributed by atoms with E-state index in [0.717, 1.165) is 23.1 Å². The van der Waals surface area contributed by atoms with Crippen LogP contribution in [0.15, 0.2) is 34.8 Å². The summed E-state index contributed by atoms with van der Waals surface area (Å²) in [5, 5.41) is 4.22. The summed E-state index contributed by atoms with van der Waals surface area (Å²) in [5.41, 5.74) is 0. The normalized spacial score (nSPS) is 30.6. The molecule has 2 nitrogen and oxygen atoms in total. The summed E-state index contributed by atoms with van der Waals surface area (Å²) in [7, 11) is 0. The number of halogens is 2. The molecule has 1 fully saturated rings. The topological polar surface area (TPSA) is 21.3 Å². The summed E-state index contributed by atoms with van der Waals surface area (Å²) < 4.78 is 6.88. The lowest BCUT2D eigenvalue weighted by molar-refractivity contribution is 0.142. The van der Waals surface area contributed by atoms with Gasteiger partial charge in [-0.05, 0) is 34.1 Å². The Morgan fingerprint density at radius 3 is 2.59 bits per heavy atom. The average molecular weight is 315 g/mol. The smallest absolute Gasteiger partial charge is 0.120 e. The van der Waals surface area contributed by atoms with Gasteiger partial charge in [0.05, 0.1) is 5.02 Å². The lowest BCUT2D eigenvalue weighted by Gasteiger charge is -2.29. The van der Waals surface area contributed by atoms with E-state index in [1.54, 1.807) is 0 Å². The molecule has 0 aliphatic carbocycles. The van der Waals surface area contributed by atoms with Crippen LogP contribution < -0.4 is 10.1 Å². The highest BCUT2D eigenvalue weighted by Crippen LogP contribution is 2.30. The number of benzene rings is 1. The maximum Gasteiger partial charge on any atom is 0.120 e. The predicted molar refractivity (Wildman–Crippen MR) is 72.7 cm³/mol. The number of rotatable bonds is 2. The van der Waals surface area contributed by atoms with Crippen LogP contribution in [0, 0.1) is 0 Å². The Labute approximate surface area is 114 Å². The van der Waals surface area contributed by atoms with Crippen molar-refractivity contribution in [2.24, 2.45) is 0 Å². The zero-order chi connectivity index (χ0) is 11.8. The lowest BCUT2D eigenvalue weighted by atomic mass is 10.0. The van der Waals surface area contributed by atoms with E-state index < -0.39 is 0 Å². The first-order chi connectivity index (χ1) is 8.20. The van der Waals surface area contributed by atoms with E-state index in [1.165, 1.54) is 0 Å². The van der Waals surface area contributed by atoms with Gasteiger partial charge in [-0.2, -0.15) is 0 Å². The molecule has 0 aromatic heterocycles. The van der Waals surface area contributed by atoms with Crippen LogP contribution in [0.5, 0.6) is 5.75 Å². The summed E-state index contributed by atoms with van der Waals surface area (Å²) >= 11 is 9.37. The van der Waals surface area contributed by atoms with Crippen LogP contribution in [0.1, 0.15) is 12.8 Å². The number of nitrogens with one attached hydrogen (secondary N) is 1. The predicted octanol–water partition coefficient (Wildman–Crippen LogP) is 3.54. The van der Waals surface area contributed by atoms with E-state index in [0.29, 0.717) is 17.1 Å². The van der Waals surface area contributed by atoms with Gasteiger partial charge < -0.3 is 10.1 Å². The second-order valence-electron chi connectivity index (χ2n) is 4.55. The van der Waals surface area contributed by atoms with Gasteiger partial charge >= 0.3 is 0 Å². The van der Waals surface area contributed by atoms with Gasteiger partial charge in [-0.25, -0.2) is 0 Å². The molecular weight excluding hydrogens is 302 g/mol. The van der Waals surface area contributed by atoms with Gasteiger partial charge in [0.2, 0.25) is 0 Å². The summed E-state index contributed by atoms with van der Waals surface area (Å²) in [5.74, 6) is 0.882. The molecule has 0 radical (unpaired) electrons. The molecule has 17 heavy (non-hydrogen) atoms. The molecule has 90 valence electrons. The Morgan fingerprint density at radius 1 is 1.24 bits per heavy atom. The van der Waals surface area contributed by atoms with Gasteiger partial charge in [0.1, 0.15) is 11.9 Å². The third-order valence-electron chi connectivity index (χ3n) is 3.23. The van der Waals surface area contributed by atoms with Crippen molar-refractivity contribution in [2.75, 3.05) is 0 Å². The highest BCUT2D eigenvalue weighted by Gasteiger charge is 2.30. The molecule has 0 saturated carbocycles. The van der Waals surface area contributed by atoms with Crippen LogP contribution in [-0.4, -0.2) is 18.2 Å². The quantitative estimate of drug-likeness (QED) is 0.843. The average Bonchev–Trinajstić information content (AvgIpc) is 2.64. The van der Waals surface area contributed by atoms with Crippen molar-refractivity contribution in [3.05, 3.63) is 39.8 Å². The largest absolute Gasteiger partial charge is 0.490 e. The summed E-state index contributed by atoms with van der Waals surface area (Å²) in [6.45, 7) is 0. The third kappa shape index (κ3) is 2.51. The molecule has 1 N–H and O–H groups in total. The molecule has 2 aliphatic heterocycles. The van der Waals surface area contributed by atoms with Crippen LogP contribution >= 0.6 is 27.5 Å². The second-order valence-corrected chi connectivity index (χ2v) is 5.81. The lowest BCUT2D eigenvalue weighted by Crippen LogP contribution is -2.43. The molecule has 0 spiro atoms. The molecule has 1 aromatic rings. The van der Waals surface area contributed by atoms with Crippen molar-refractivity contribution in [1.82, 2.24) is 5.32 Å². The third-order valence-corrected chi connectivity index (χ3v) is 4.45. The summed E-state index contributed by atoms with van der Waals surface area (Å²) in [4.78, 5) is 0. The molecule has 1 saturated heterocycles. The second kappa shape index (κ2) is 4.63. The van der Waals surface area contributed by atoms with Crippen molar-refractivity contribution in [3.63, 3.8) is 0 Å². The first kappa shape index (κ1) is 11.6. The SMILES string of the molecule is Clc1ccc(O[C@@H]2C[C@H]3C=C[C@@H](C2)N3)cc1Br. The van der Waals surface area contributed by atoms with Crippen molar-refractivity contribution < 1.29 is 4.74 Å². The number of ether oxygens (including phenoxy) is 1. The van der Waals surface area contributed by atoms with Gasteiger partial charge in [-0.1, -0.05) is 23.8 Å². The molecule has 1 aromatic carbocycles. The van der Waals surface area contributed by atoms with E-state index >= 15 is 0 Å².